The summed E-state index contributed by atoms with van der Waals surface area (Å²) >= 11 is 0. The molecule has 0 radical (unpaired) electrons. The fourth-order valence-corrected chi connectivity index (χ4v) is 3.14. The minimum absolute atomic E-state index is 0.161. The van der Waals surface area contributed by atoms with Crippen molar-refractivity contribution in [1.82, 2.24) is 15.5 Å². The molecule has 0 atom stereocenters. The van der Waals surface area contributed by atoms with Crippen molar-refractivity contribution in [3.05, 3.63) is 70.8 Å². The molecule has 2 aromatic rings. The first-order valence-electron chi connectivity index (χ1n) is 9.98. The molecule has 1 aliphatic rings. The molecule has 0 bridgehead atoms. The summed E-state index contributed by atoms with van der Waals surface area (Å²) in [6.45, 7) is 7.75. The first kappa shape index (κ1) is 21.2. The Kier molecular flexibility index (Phi) is 7.95. The lowest BCUT2D eigenvalue weighted by atomic mass is 10.1. The van der Waals surface area contributed by atoms with Gasteiger partial charge in [-0.15, -0.1) is 0 Å². The molecule has 1 saturated heterocycles. The van der Waals surface area contributed by atoms with Crippen molar-refractivity contribution in [2.75, 3.05) is 32.8 Å². The van der Waals surface area contributed by atoms with Crippen LogP contribution in [0.25, 0.3) is 0 Å². The molecule has 0 unspecified atom stereocenters. The highest BCUT2D eigenvalue weighted by molar-refractivity contribution is 5.79. The van der Waals surface area contributed by atoms with Gasteiger partial charge in [0.2, 0.25) is 0 Å². The lowest BCUT2D eigenvalue weighted by molar-refractivity contribution is 0.0342. The molecule has 29 heavy (non-hydrogen) atoms. The molecule has 2 N–H and O–H groups in total. The molecule has 0 spiro atoms. The van der Waals surface area contributed by atoms with E-state index in [-0.39, 0.29) is 12.1 Å². The van der Waals surface area contributed by atoms with Crippen LogP contribution in [-0.2, 0) is 24.4 Å². The number of hydrogen-bond acceptors (Lipinski definition) is 3. The number of rotatable bonds is 7. The topological polar surface area (TPSA) is 48.9 Å². The predicted octanol–water partition coefficient (Wildman–Crippen LogP) is 3.05. The van der Waals surface area contributed by atoms with Crippen LogP contribution in [0.15, 0.2) is 47.5 Å². The Morgan fingerprint density at radius 2 is 1.76 bits per heavy atom. The Labute approximate surface area is 170 Å². The number of nitrogens with one attached hydrogen (secondary N) is 2. The minimum atomic E-state index is -0.456. The SMILES string of the molecule is CCNC(=NCc1ccc(CN2CCOCC2)cc1)NCc1cc(F)ccc1F. The maximum absolute atomic E-state index is 13.8. The van der Waals surface area contributed by atoms with Gasteiger partial charge in [0.25, 0.3) is 0 Å². The second kappa shape index (κ2) is 10.9. The van der Waals surface area contributed by atoms with Crippen LogP contribution in [-0.4, -0.2) is 43.7 Å². The molecule has 2 aromatic carbocycles. The third kappa shape index (κ3) is 6.80. The van der Waals surface area contributed by atoms with Crippen LogP contribution in [0, 0.1) is 11.6 Å². The Hall–Kier alpha value is -2.51. The zero-order chi connectivity index (χ0) is 20.5. The zero-order valence-corrected chi connectivity index (χ0v) is 16.8. The minimum Gasteiger partial charge on any atom is -0.379 e. The van der Waals surface area contributed by atoms with E-state index in [4.69, 9.17) is 4.74 Å². The summed E-state index contributed by atoms with van der Waals surface area (Å²) < 4.78 is 32.5. The molecule has 1 fully saturated rings. The molecule has 3 rings (SSSR count). The number of nitrogens with zero attached hydrogens (tertiary/aromatic N) is 2. The molecule has 0 aromatic heterocycles. The lowest BCUT2D eigenvalue weighted by Crippen LogP contribution is -2.37. The Bertz CT molecular complexity index is 805. The van der Waals surface area contributed by atoms with E-state index in [0.29, 0.717) is 19.0 Å². The van der Waals surface area contributed by atoms with E-state index in [2.05, 4.69) is 44.8 Å². The Balaban J connectivity index is 1.55. The molecule has 1 aliphatic heterocycles. The number of benzene rings is 2. The summed E-state index contributed by atoms with van der Waals surface area (Å²) in [6.07, 6.45) is 0. The summed E-state index contributed by atoms with van der Waals surface area (Å²) in [4.78, 5) is 6.93. The normalized spacial score (nSPS) is 15.3. The van der Waals surface area contributed by atoms with Crippen LogP contribution in [0.4, 0.5) is 8.78 Å². The van der Waals surface area contributed by atoms with Gasteiger partial charge in [0.1, 0.15) is 11.6 Å². The third-order valence-electron chi connectivity index (χ3n) is 4.75. The average molecular weight is 402 g/mol. The van der Waals surface area contributed by atoms with Gasteiger partial charge in [-0.1, -0.05) is 24.3 Å². The van der Waals surface area contributed by atoms with Gasteiger partial charge < -0.3 is 15.4 Å². The van der Waals surface area contributed by atoms with Gasteiger partial charge >= 0.3 is 0 Å². The summed E-state index contributed by atoms with van der Waals surface area (Å²) in [5.41, 5.74) is 2.62. The van der Waals surface area contributed by atoms with Crippen LogP contribution >= 0.6 is 0 Å². The van der Waals surface area contributed by atoms with E-state index in [9.17, 15) is 8.78 Å². The van der Waals surface area contributed by atoms with Crippen LogP contribution in [0.5, 0.6) is 0 Å². The van der Waals surface area contributed by atoms with Crippen molar-refractivity contribution in [3.8, 4) is 0 Å². The van der Waals surface area contributed by atoms with Gasteiger partial charge in [-0.25, -0.2) is 13.8 Å². The highest BCUT2D eigenvalue weighted by Gasteiger charge is 2.10. The fourth-order valence-electron chi connectivity index (χ4n) is 3.14. The van der Waals surface area contributed by atoms with Crippen molar-refractivity contribution in [2.24, 2.45) is 4.99 Å². The summed E-state index contributed by atoms with van der Waals surface area (Å²) in [7, 11) is 0. The number of aliphatic imine (C=N–C) groups is 1. The van der Waals surface area contributed by atoms with E-state index in [1.807, 2.05) is 6.92 Å². The molecule has 7 heteroatoms. The van der Waals surface area contributed by atoms with Gasteiger partial charge in [0, 0.05) is 38.3 Å². The standard InChI is InChI=1S/C22H28F2N4O/c1-2-25-22(27-15-19-13-20(23)7-8-21(19)24)26-14-17-3-5-18(6-4-17)16-28-9-11-29-12-10-28/h3-8,13H,2,9-12,14-16H2,1H3,(H2,25,26,27). The molecule has 5 nitrogen and oxygen atoms in total. The second-order valence-corrected chi connectivity index (χ2v) is 6.99. The quantitative estimate of drug-likeness (QED) is 0.552. The Morgan fingerprint density at radius 1 is 1.03 bits per heavy atom. The van der Waals surface area contributed by atoms with Gasteiger partial charge in [0.05, 0.1) is 19.8 Å². The first-order valence-corrected chi connectivity index (χ1v) is 9.98. The van der Waals surface area contributed by atoms with E-state index >= 15 is 0 Å². The van der Waals surface area contributed by atoms with E-state index < -0.39 is 11.6 Å². The van der Waals surface area contributed by atoms with Crippen LogP contribution < -0.4 is 10.6 Å². The monoisotopic (exact) mass is 402 g/mol. The highest BCUT2D eigenvalue weighted by Crippen LogP contribution is 2.11. The van der Waals surface area contributed by atoms with E-state index in [1.54, 1.807) is 0 Å². The molecule has 156 valence electrons. The number of guanidine groups is 1. The van der Waals surface area contributed by atoms with E-state index in [0.717, 1.165) is 50.5 Å². The van der Waals surface area contributed by atoms with Crippen molar-refractivity contribution in [2.45, 2.75) is 26.6 Å². The lowest BCUT2D eigenvalue weighted by Gasteiger charge is -2.26. The summed E-state index contributed by atoms with van der Waals surface area (Å²) in [5.74, 6) is -0.332. The molecule has 1 heterocycles. The van der Waals surface area contributed by atoms with Crippen molar-refractivity contribution in [1.29, 1.82) is 0 Å². The van der Waals surface area contributed by atoms with Crippen LogP contribution in [0.2, 0.25) is 0 Å². The Morgan fingerprint density at radius 3 is 2.48 bits per heavy atom. The molecular weight excluding hydrogens is 374 g/mol. The predicted molar refractivity (Wildman–Crippen MR) is 111 cm³/mol. The third-order valence-corrected chi connectivity index (χ3v) is 4.75. The number of ether oxygens (including phenoxy) is 1. The number of halogens is 2. The summed E-state index contributed by atoms with van der Waals surface area (Å²) in [6, 6.07) is 11.9. The molecule has 0 aliphatic carbocycles. The maximum atomic E-state index is 13.8. The summed E-state index contributed by atoms with van der Waals surface area (Å²) in [5, 5.41) is 6.18. The maximum Gasteiger partial charge on any atom is 0.191 e. The number of hydrogen-bond donors (Lipinski definition) is 2. The van der Waals surface area contributed by atoms with Gasteiger partial charge in [-0.3, -0.25) is 4.90 Å². The van der Waals surface area contributed by atoms with Crippen LogP contribution in [0.1, 0.15) is 23.6 Å². The molecule has 0 amide bonds. The largest absolute Gasteiger partial charge is 0.379 e. The van der Waals surface area contributed by atoms with Gasteiger partial charge in [-0.2, -0.15) is 0 Å². The van der Waals surface area contributed by atoms with Crippen molar-refractivity contribution < 1.29 is 13.5 Å². The highest BCUT2D eigenvalue weighted by atomic mass is 19.1. The van der Waals surface area contributed by atoms with Crippen LogP contribution in [0.3, 0.4) is 0 Å². The van der Waals surface area contributed by atoms with E-state index in [1.165, 1.54) is 11.6 Å². The average Bonchev–Trinajstić information content (AvgIpc) is 2.74. The number of morpholine rings is 1. The fraction of sp³-hybridized carbons (Fsp3) is 0.409. The molecular formula is C22H28F2N4O. The zero-order valence-electron chi connectivity index (χ0n) is 16.8. The molecule has 0 saturated carbocycles. The van der Waals surface area contributed by atoms with Crippen molar-refractivity contribution in [3.63, 3.8) is 0 Å². The van der Waals surface area contributed by atoms with Crippen molar-refractivity contribution >= 4 is 5.96 Å². The second-order valence-electron chi connectivity index (χ2n) is 6.99. The van der Waals surface area contributed by atoms with Gasteiger partial charge in [0.15, 0.2) is 5.96 Å². The smallest absolute Gasteiger partial charge is 0.191 e. The first-order chi connectivity index (χ1) is 14.1. The van der Waals surface area contributed by atoms with Gasteiger partial charge in [-0.05, 0) is 36.2 Å².